The van der Waals surface area contributed by atoms with Crippen LogP contribution in [0.25, 0.3) is 0 Å². The van der Waals surface area contributed by atoms with Crippen LogP contribution in [0.3, 0.4) is 0 Å². The summed E-state index contributed by atoms with van der Waals surface area (Å²) in [6, 6.07) is 0. The molecule has 0 atom stereocenters. The Balaban J connectivity index is 3.92. The molecule has 0 aliphatic rings. The topological polar surface area (TPSA) is 74.6 Å². The van der Waals surface area contributed by atoms with E-state index >= 15 is 0 Å². The van der Waals surface area contributed by atoms with Gasteiger partial charge in [0.2, 0.25) is 0 Å². The summed E-state index contributed by atoms with van der Waals surface area (Å²) in [6.07, 6.45) is 0.423. The van der Waals surface area contributed by atoms with Crippen molar-refractivity contribution in [1.82, 2.24) is 0 Å². The van der Waals surface area contributed by atoms with E-state index in [1.807, 2.05) is 27.7 Å². The summed E-state index contributed by atoms with van der Waals surface area (Å²) in [4.78, 5) is 21.3. The molecule has 0 radical (unpaired) electrons. The Morgan fingerprint density at radius 1 is 0.833 bits per heavy atom. The SMILES string of the molecule is CC(C)(C[Se][Se]CC(C)(C)CC(=O)O)CC(=O)O. The van der Waals surface area contributed by atoms with E-state index in [0.29, 0.717) is 26.3 Å². The Labute approximate surface area is 120 Å². The summed E-state index contributed by atoms with van der Waals surface area (Å²) in [5.74, 6) is -1.48. The molecule has 4 nitrogen and oxygen atoms in total. The number of aliphatic carboxylic acids is 2. The Hall–Kier alpha value is -0.0210. The average Bonchev–Trinajstić information content (AvgIpc) is 2.08. The van der Waals surface area contributed by atoms with Crippen molar-refractivity contribution in [2.24, 2.45) is 10.8 Å². The zero-order chi connectivity index (χ0) is 14.4. The van der Waals surface area contributed by atoms with Gasteiger partial charge in [0.1, 0.15) is 0 Å². The van der Waals surface area contributed by atoms with Crippen LogP contribution in [-0.4, -0.2) is 48.4 Å². The van der Waals surface area contributed by atoms with Gasteiger partial charge in [0.25, 0.3) is 0 Å². The minimum atomic E-state index is -0.741. The summed E-state index contributed by atoms with van der Waals surface area (Å²) in [6.45, 7) is 7.95. The Morgan fingerprint density at radius 3 is 1.33 bits per heavy atom. The van der Waals surface area contributed by atoms with Gasteiger partial charge in [-0.1, -0.05) is 0 Å². The molecule has 0 unspecified atom stereocenters. The van der Waals surface area contributed by atoms with E-state index in [1.54, 1.807) is 0 Å². The summed E-state index contributed by atoms with van der Waals surface area (Å²) in [5, 5.41) is 19.5. The first-order chi connectivity index (χ1) is 8.04. The van der Waals surface area contributed by atoms with Gasteiger partial charge in [-0.05, 0) is 0 Å². The first kappa shape index (κ1) is 18.0. The van der Waals surface area contributed by atoms with E-state index in [-0.39, 0.29) is 23.7 Å². The van der Waals surface area contributed by atoms with E-state index in [9.17, 15) is 9.59 Å². The molecular weight excluding hydrogens is 366 g/mol. The fourth-order valence-corrected chi connectivity index (χ4v) is 12.2. The van der Waals surface area contributed by atoms with Crippen molar-refractivity contribution >= 4 is 38.2 Å². The van der Waals surface area contributed by atoms with Crippen molar-refractivity contribution in [2.45, 2.75) is 51.2 Å². The van der Waals surface area contributed by atoms with Crippen molar-refractivity contribution in [3.8, 4) is 0 Å². The Kier molecular flexibility index (Phi) is 7.53. The number of carboxylic acid groups (broad SMARTS) is 2. The maximum atomic E-state index is 10.7. The van der Waals surface area contributed by atoms with Gasteiger partial charge in [0.05, 0.1) is 0 Å². The van der Waals surface area contributed by atoms with Crippen LogP contribution in [0.5, 0.6) is 0 Å². The number of carbonyl (C=O) groups is 2. The molecule has 0 bridgehead atoms. The molecule has 106 valence electrons. The monoisotopic (exact) mass is 390 g/mol. The van der Waals surface area contributed by atoms with E-state index in [1.165, 1.54) is 0 Å². The summed E-state index contributed by atoms with van der Waals surface area (Å²) in [7, 11) is 0. The van der Waals surface area contributed by atoms with E-state index < -0.39 is 11.9 Å². The standard InChI is InChI=1S/C12H22O4Se2/c1-11(2,5-9(13)14)7-17-18-8-12(3,4)6-10(15)16/h5-8H2,1-4H3,(H,13,14)(H,15,16). The molecule has 0 aromatic carbocycles. The van der Waals surface area contributed by atoms with Gasteiger partial charge in [-0.15, -0.1) is 0 Å². The predicted octanol–water partition coefficient (Wildman–Crippen LogP) is 2.15. The third-order valence-electron chi connectivity index (χ3n) is 2.24. The molecular formula is C12H22O4Se2. The van der Waals surface area contributed by atoms with Crippen LogP contribution in [0, 0.1) is 10.8 Å². The molecule has 0 aliphatic carbocycles. The zero-order valence-electron chi connectivity index (χ0n) is 11.4. The van der Waals surface area contributed by atoms with E-state index in [2.05, 4.69) is 0 Å². The quantitative estimate of drug-likeness (QED) is 0.469. The molecule has 6 heteroatoms. The van der Waals surface area contributed by atoms with Crippen molar-refractivity contribution in [2.75, 3.05) is 0 Å². The molecule has 0 heterocycles. The average molecular weight is 388 g/mol. The fourth-order valence-electron chi connectivity index (χ4n) is 1.32. The minimum absolute atomic E-state index is 0.134. The van der Waals surface area contributed by atoms with Crippen LogP contribution in [0.15, 0.2) is 0 Å². The molecule has 0 spiro atoms. The van der Waals surface area contributed by atoms with Gasteiger partial charge in [0.15, 0.2) is 0 Å². The van der Waals surface area contributed by atoms with Crippen LogP contribution >= 0.6 is 0 Å². The molecule has 0 fully saturated rings. The second-order valence-electron chi connectivity index (χ2n) is 5.99. The summed E-state index contributed by atoms with van der Waals surface area (Å²) in [5.41, 5.74) is -0.269. The predicted molar refractivity (Wildman–Crippen MR) is 73.2 cm³/mol. The van der Waals surface area contributed by atoms with Crippen molar-refractivity contribution < 1.29 is 19.8 Å². The van der Waals surface area contributed by atoms with Crippen molar-refractivity contribution in [3.63, 3.8) is 0 Å². The molecule has 0 saturated carbocycles. The first-order valence-corrected chi connectivity index (χ1v) is 12.5. The molecule has 0 aromatic rings. The van der Waals surface area contributed by atoms with Gasteiger partial charge >= 0.3 is 120 Å². The number of carboxylic acids is 2. The number of hydrogen-bond donors (Lipinski definition) is 2. The van der Waals surface area contributed by atoms with Crippen LogP contribution in [-0.2, 0) is 9.59 Å². The van der Waals surface area contributed by atoms with Crippen LogP contribution in [0.2, 0.25) is 10.6 Å². The van der Waals surface area contributed by atoms with E-state index in [0.717, 1.165) is 10.6 Å². The first-order valence-electron chi connectivity index (χ1n) is 5.72. The van der Waals surface area contributed by atoms with Crippen LogP contribution < -0.4 is 0 Å². The number of rotatable bonds is 9. The normalized spacial score (nSPS) is 12.4. The molecule has 0 saturated heterocycles. The van der Waals surface area contributed by atoms with Crippen molar-refractivity contribution in [1.29, 1.82) is 0 Å². The fraction of sp³-hybridized carbons (Fsp3) is 0.833. The van der Waals surface area contributed by atoms with Gasteiger partial charge in [-0.25, -0.2) is 0 Å². The summed E-state index contributed by atoms with van der Waals surface area (Å²) >= 11 is 0.892. The van der Waals surface area contributed by atoms with Crippen molar-refractivity contribution in [3.05, 3.63) is 0 Å². The van der Waals surface area contributed by atoms with Gasteiger partial charge in [-0.2, -0.15) is 0 Å². The van der Waals surface area contributed by atoms with Gasteiger partial charge < -0.3 is 0 Å². The Bertz CT molecular complexity index is 270. The molecule has 0 aliphatic heterocycles. The second-order valence-corrected chi connectivity index (χ2v) is 13.3. The third-order valence-corrected chi connectivity index (χ3v) is 10.8. The summed E-state index contributed by atoms with van der Waals surface area (Å²) < 4.78 is 0. The molecule has 0 aromatic heterocycles. The third kappa shape index (κ3) is 9.95. The zero-order valence-corrected chi connectivity index (χ0v) is 14.8. The second kappa shape index (κ2) is 7.54. The molecule has 0 amide bonds. The van der Waals surface area contributed by atoms with Crippen LogP contribution in [0.1, 0.15) is 40.5 Å². The molecule has 2 N–H and O–H groups in total. The van der Waals surface area contributed by atoms with Gasteiger partial charge in [0, 0.05) is 0 Å². The number of hydrogen-bond acceptors (Lipinski definition) is 2. The molecule has 0 rings (SSSR count). The molecule has 18 heavy (non-hydrogen) atoms. The van der Waals surface area contributed by atoms with E-state index in [4.69, 9.17) is 10.2 Å². The van der Waals surface area contributed by atoms with Gasteiger partial charge in [-0.3, -0.25) is 0 Å². The Morgan fingerprint density at radius 2 is 1.11 bits per heavy atom. The van der Waals surface area contributed by atoms with Crippen LogP contribution in [0.4, 0.5) is 0 Å². The maximum absolute atomic E-state index is 10.7.